The Hall–Kier alpha value is -2.96. The molecule has 4 atom stereocenters. The zero-order valence-corrected chi connectivity index (χ0v) is 21.0. The van der Waals surface area contributed by atoms with E-state index in [0.717, 1.165) is 6.07 Å². The van der Waals surface area contributed by atoms with Gasteiger partial charge in [0.25, 0.3) is 5.92 Å². The summed E-state index contributed by atoms with van der Waals surface area (Å²) < 4.78 is 48.2. The van der Waals surface area contributed by atoms with Crippen molar-refractivity contribution in [2.75, 3.05) is 13.7 Å². The number of rotatable bonds is 6. The van der Waals surface area contributed by atoms with Gasteiger partial charge in [0.1, 0.15) is 17.9 Å². The maximum absolute atomic E-state index is 14.7. The van der Waals surface area contributed by atoms with Gasteiger partial charge in [-0.1, -0.05) is 17.7 Å². The van der Waals surface area contributed by atoms with Gasteiger partial charge in [-0.05, 0) is 25.0 Å². The summed E-state index contributed by atoms with van der Waals surface area (Å²) in [6.07, 6.45) is 1.60. The van der Waals surface area contributed by atoms with Crippen LogP contribution in [0.4, 0.5) is 13.2 Å². The number of thiazole rings is 1. The number of methoxy groups -OCH3 is 1. The third-order valence-electron chi connectivity index (χ3n) is 7.09. The van der Waals surface area contributed by atoms with Gasteiger partial charge in [-0.25, -0.2) is 22.9 Å². The molecule has 6 rings (SSSR count). The number of halogens is 4. The Bertz CT molecular complexity index is 1300. The lowest BCUT2D eigenvalue weighted by Gasteiger charge is -2.53. The first-order valence-electron chi connectivity index (χ1n) is 11.5. The summed E-state index contributed by atoms with van der Waals surface area (Å²) >= 11 is 7.62. The predicted molar refractivity (Wildman–Crippen MR) is 129 cm³/mol. The first kappa shape index (κ1) is 25.7. The van der Waals surface area contributed by atoms with E-state index in [2.05, 4.69) is 15.3 Å². The fourth-order valence-electron chi connectivity index (χ4n) is 5.47. The van der Waals surface area contributed by atoms with E-state index >= 15 is 0 Å². The number of nitrogens with zero attached hydrogens (tertiary/aromatic N) is 3. The van der Waals surface area contributed by atoms with Gasteiger partial charge in [-0.15, -0.1) is 11.3 Å². The highest BCUT2D eigenvalue weighted by Crippen LogP contribution is 2.49. The van der Waals surface area contributed by atoms with Crippen LogP contribution in [0.15, 0.2) is 46.0 Å². The van der Waals surface area contributed by atoms with Gasteiger partial charge in [0.15, 0.2) is 10.8 Å². The molecule has 37 heavy (non-hydrogen) atoms. The number of hydrogen-bond donors (Lipinski definition) is 2. The summed E-state index contributed by atoms with van der Waals surface area (Å²) in [7, 11) is 1.18. The lowest BCUT2D eigenvalue weighted by molar-refractivity contribution is -0.196. The Kier molecular flexibility index (Phi) is 6.75. The number of benzene rings is 1. The summed E-state index contributed by atoms with van der Waals surface area (Å²) in [6.45, 7) is -0.154. The lowest BCUT2D eigenvalue weighted by atomic mass is 9.71. The molecule has 8 nitrogen and oxygen atoms in total. The number of amidine groups is 1. The summed E-state index contributed by atoms with van der Waals surface area (Å²) in [5, 5.41) is 15.2. The molecule has 3 aliphatic heterocycles. The number of carboxylic acids is 1. The molecule has 196 valence electrons. The lowest BCUT2D eigenvalue weighted by Crippen LogP contribution is -2.66. The summed E-state index contributed by atoms with van der Waals surface area (Å²) in [5.74, 6) is -6.87. The number of aliphatic imine (C=N–C) groups is 1. The van der Waals surface area contributed by atoms with Crippen LogP contribution in [0.2, 0.25) is 5.02 Å². The zero-order chi connectivity index (χ0) is 26.5. The normalized spacial score (nSPS) is 27.0. The standard InChI is InChI=1S/C24H22ClF3N4O4S/c1-36-23(35)17-16(10-32-12-3-5-14(19(32)22(33)34)24(27,28)9-12)30-20(21-29-6-7-37-21)31-18(17)13-4-2-11(26)8-15(13)25/h2,4,6-8,12,14,18-19H,3,5,9-10H2,1H3,(H,30,31)(H,33,34)/t12?,14?,18-,19?/m0/s1. The predicted octanol–water partition coefficient (Wildman–Crippen LogP) is 4.03. The monoisotopic (exact) mass is 554 g/mol. The number of fused-ring (bicyclic) bond motifs is 3. The average Bonchev–Trinajstić information content (AvgIpc) is 3.38. The van der Waals surface area contributed by atoms with Gasteiger partial charge in [-0.3, -0.25) is 14.7 Å². The number of piperidine rings is 2. The van der Waals surface area contributed by atoms with Crippen molar-refractivity contribution < 1.29 is 32.6 Å². The molecule has 2 bridgehead atoms. The van der Waals surface area contributed by atoms with Crippen LogP contribution >= 0.6 is 22.9 Å². The smallest absolute Gasteiger partial charge is 0.338 e. The minimum Gasteiger partial charge on any atom is -0.480 e. The molecule has 2 aromatic rings. The van der Waals surface area contributed by atoms with E-state index in [1.807, 2.05) is 0 Å². The zero-order valence-electron chi connectivity index (χ0n) is 19.5. The molecule has 4 heterocycles. The molecule has 0 radical (unpaired) electrons. The Morgan fingerprint density at radius 3 is 2.76 bits per heavy atom. The molecule has 1 aromatic heterocycles. The van der Waals surface area contributed by atoms with Gasteiger partial charge >= 0.3 is 11.9 Å². The van der Waals surface area contributed by atoms with Gasteiger partial charge < -0.3 is 15.2 Å². The average molecular weight is 555 g/mol. The van der Waals surface area contributed by atoms with E-state index in [0.29, 0.717) is 17.0 Å². The Labute approximate surface area is 218 Å². The molecule has 13 heteroatoms. The number of carbonyl (C=O) groups is 2. The van der Waals surface area contributed by atoms with E-state index in [-0.39, 0.29) is 35.1 Å². The first-order chi connectivity index (χ1) is 17.6. The van der Waals surface area contributed by atoms with E-state index in [1.165, 1.54) is 35.5 Å². The second-order valence-corrected chi connectivity index (χ2v) is 10.5. The van der Waals surface area contributed by atoms with Crippen molar-refractivity contribution in [2.45, 2.75) is 43.3 Å². The van der Waals surface area contributed by atoms with Crippen LogP contribution in [-0.4, -0.2) is 64.4 Å². The van der Waals surface area contributed by atoms with Crippen LogP contribution < -0.4 is 5.32 Å². The fourth-order valence-corrected chi connectivity index (χ4v) is 6.33. The largest absolute Gasteiger partial charge is 0.480 e. The number of ether oxygens (including phenoxy) is 1. The van der Waals surface area contributed by atoms with Gasteiger partial charge in [0.05, 0.1) is 12.7 Å². The minimum atomic E-state index is -3.10. The molecule has 3 unspecified atom stereocenters. The second kappa shape index (κ2) is 9.73. The molecule has 2 N–H and O–H groups in total. The fraction of sp³-hybridized carbons (Fsp3) is 0.417. The number of alkyl halides is 2. The van der Waals surface area contributed by atoms with Crippen molar-refractivity contribution in [2.24, 2.45) is 10.9 Å². The van der Waals surface area contributed by atoms with Crippen molar-refractivity contribution in [3.63, 3.8) is 0 Å². The van der Waals surface area contributed by atoms with Crippen molar-refractivity contribution >= 4 is 40.7 Å². The highest BCUT2D eigenvalue weighted by Gasteiger charge is 2.59. The first-order valence-corrected chi connectivity index (χ1v) is 12.7. The topological polar surface area (TPSA) is 104 Å². The minimum absolute atomic E-state index is 0.0219. The third kappa shape index (κ3) is 4.62. The van der Waals surface area contributed by atoms with Crippen molar-refractivity contribution in [3.8, 4) is 0 Å². The number of carbonyl (C=O) groups excluding carboxylic acids is 1. The summed E-state index contributed by atoms with van der Waals surface area (Å²) in [6, 6.07) is 0.499. The SMILES string of the molecule is COC(=O)C1=C(CN2C3CCC(C2C(=O)O)C(F)(F)C3)NC(c2nccs2)=N[C@H]1c1ccc(F)cc1Cl. The number of nitrogens with one attached hydrogen (secondary N) is 1. The maximum atomic E-state index is 14.7. The number of esters is 1. The van der Waals surface area contributed by atoms with Crippen molar-refractivity contribution in [1.29, 1.82) is 0 Å². The molecular weight excluding hydrogens is 533 g/mol. The molecular formula is C24H22ClF3N4O4S. The molecule has 0 spiro atoms. The van der Waals surface area contributed by atoms with Crippen LogP contribution in [0.25, 0.3) is 0 Å². The molecule has 1 saturated carbocycles. The third-order valence-corrected chi connectivity index (χ3v) is 8.19. The van der Waals surface area contributed by atoms with Crippen LogP contribution in [0, 0.1) is 11.7 Å². The van der Waals surface area contributed by atoms with Crippen LogP contribution in [0.1, 0.15) is 35.9 Å². The summed E-state index contributed by atoms with van der Waals surface area (Å²) in [4.78, 5) is 35.7. The van der Waals surface area contributed by atoms with E-state index < -0.39 is 54.1 Å². The quantitative estimate of drug-likeness (QED) is 0.520. The van der Waals surface area contributed by atoms with Crippen molar-refractivity contribution in [1.82, 2.24) is 15.2 Å². The molecule has 1 aliphatic carbocycles. The van der Waals surface area contributed by atoms with Gasteiger partial charge in [0.2, 0.25) is 0 Å². The Morgan fingerprint density at radius 2 is 2.14 bits per heavy atom. The maximum Gasteiger partial charge on any atom is 0.338 e. The highest BCUT2D eigenvalue weighted by atomic mass is 35.5. The second-order valence-electron chi connectivity index (χ2n) is 9.15. The molecule has 1 aromatic carbocycles. The van der Waals surface area contributed by atoms with E-state index in [9.17, 15) is 27.9 Å². The number of aliphatic carboxylic acids is 1. The molecule has 0 amide bonds. The van der Waals surface area contributed by atoms with Crippen molar-refractivity contribution in [3.05, 3.63) is 62.5 Å². The summed E-state index contributed by atoms with van der Waals surface area (Å²) in [5.41, 5.74) is 0.575. The number of hydrogen-bond acceptors (Lipinski definition) is 8. The Morgan fingerprint density at radius 1 is 1.35 bits per heavy atom. The Balaban J connectivity index is 1.63. The van der Waals surface area contributed by atoms with E-state index in [4.69, 9.17) is 16.3 Å². The molecule has 4 aliphatic rings. The van der Waals surface area contributed by atoms with Crippen LogP contribution in [-0.2, 0) is 14.3 Å². The van der Waals surface area contributed by atoms with E-state index in [1.54, 1.807) is 11.6 Å². The molecule has 2 saturated heterocycles. The highest BCUT2D eigenvalue weighted by molar-refractivity contribution is 7.11. The van der Waals surface area contributed by atoms with Crippen LogP contribution in [0.5, 0.6) is 0 Å². The number of carboxylic acid groups (broad SMARTS) is 1. The van der Waals surface area contributed by atoms with Gasteiger partial charge in [-0.2, -0.15) is 0 Å². The van der Waals surface area contributed by atoms with Crippen LogP contribution in [0.3, 0.4) is 0 Å². The van der Waals surface area contributed by atoms with Gasteiger partial charge in [0, 0.05) is 52.8 Å². The molecule has 3 fully saturated rings. The number of aromatic nitrogens is 1.